The van der Waals surface area contributed by atoms with Gasteiger partial charge in [-0.15, -0.1) is 0 Å². The summed E-state index contributed by atoms with van der Waals surface area (Å²) in [6.45, 7) is 3.84. The van der Waals surface area contributed by atoms with Crippen molar-refractivity contribution in [2.75, 3.05) is 6.61 Å². The van der Waals surface area contributed by atoms with Crippen LogP contribution in [0.25, 0.3) is 0 Å². The molecule has 0 spiro atoms. The van der Waals surface area contributed by atoms with E-state index in [1.54, 1.807) is 36.9 Å². The number of carbonyl (C=O) groups is 2. The smallest absolute Gasteiger partial charge is 0.331 e. The number of esters is 1. The summed E-state index contributed by atoms with van der Waals surface area (Å²) in [7, 11) is -3.74. The zero-order chi connectivity index (χ0) is 26.4. The lowest BCUT2D eigenvalue weighted by molar-refractivity contribution is -0.154. The van der Waals surface area contributed by atoms with Crippen molar-refractivity contribution in [3.63, 3.8) is 0 Å². The van der Waals surface area contributed by atoms with Crippen LogP contribution in [0.1, 0.15) is 30.5 Å². The maximum Gasteiger partial charge on any atom is 0.331 e. The number of amidine groups is 1. The lowest BCUT2D eigenvalue weighted by atomic mass is 10.1. The number of benzene rings is 3. The molecule has 192 valence electrons. The van der Waals surface area contributed by atoms with Gasteiger partial charge in [0.15, 0.2) is 12.6 Å². The minimum Gasteiger partial charge on any atom is -0.454 e. The zero-order valence-electron chi connectivity index (χ0n) is 20.7. The number of fused-ring (bicyclic) bond motifs is 1. The number of sulfonamides is 1. The Balaban J connectivity index is 1.48. The molecule has 37 heavy (non-hydrogen) atoms. The molecule has 1 aliphatic rings. The molecule has 1 amide bonds. The van der Waals surface area contributed by atoms with E-state index in [2.05, 4.69) is 9.71 Å². The summed E-state index contributed by atoms with van der Waals surface area (Å²) in [5, 5.41) is 0. The first-order chi connectivity index (χ1) is 17.7. The van der Waals surface area contributed by atoms with E-state index in [9.17, 15) is 18.0 Å². The van der Waals surface area contributed by atoms with Gasteiger partial charge in [-0.1, -0.05) is 86.6 Å². The van der Waals surface area contributed by atoms with Gasteiger partial charge >= 0.3 is 5.97 Å². The van der Waals surface area contributed by atoms with E-state index >= 15 is 0 Å². The van der Waals surface area contributed by atoms with Crippen molar-refractivity contribution in [2.24, 2.45) is 10.9 Å². The van der Waals surface area contributed by atoms with Crippen LogP contribution >= 0.6 is 0 Å². The van der Waals surface area contributed by atoms with Gasteiger partial charge in [-0.2, -0.15) is 0 Å². The Hall–Kier alpha value is -3.98. The zero-order valence-corrected chi connectivity index (χ0v) is 21.5. The number of hydrogen-bond donors (Lipinski definition) is 1. The van der Waals surface area contributed by atoms with Crippen LogP contribution in [-0.4, -0.2) is 43.7 Å². The highest BCUT2D eigenvalue weighted by Crippen LogP contribution is 2.23. The quantitative estimate of drug-likeness (QED) is 0.436. The topological polar surface area (TPSA) is 105 Å². The van der Waals surface area contributed by atoms with Crippen molar-refractivity contribution >= 4 is 27.7 Å². The van der Waals surface area contributed by atoms with Gasteiger partial charge in [0, 0.05) is 18.7 Å². The third-order valence-electron chi connectivity index (χ3n) is 5.93. The number of aliphatic imine (C=N–C) groups is 1. The highest BCUT2D eigenvalue weighted by Gasteiger charge is 2.33. The monoisotopic (exact) mass is 519 g/mol. The summed E-state index contributed by atoms with van der Waals surface area (Å²) in [6.07, 6.45) is 0. The predicted octanol–water partition coefficient (Wildman–Crippen LogP) is 3.52. The summed E-state index contributed by atoms with van der Waals surface area (Å²) in [4.78, 5) is 32.3. The Morgan fingerprint density at radius 3 is 1.97 bits per heavy atom. The molecule has 1 aliphatic heterocycles. The van der Waals surface area contributed by atoms with Crippen molar-refractivity contribution in [1.82, 2.24) is 9.62 Å². The first-order valence-electron chi connectivity index (χ1n) is 12.0. The SMILES string of the molecule is CC(C)C(N=C1NS(=O)(=O)c2ccccc21)C(=O)OCC(=O)N(Cc1ccccc1)Cc1ccccc1. The van der Waals surface area contributed by atoms with E-state index in [1.165, 1.54) is 6.07 Å². The number of nitrogens with zero attached hydrogens (tertiary/aromatic N) is 2. The van der Waals surface area contributed by atoms with Gasteiger partial charge < -0.3 is 9.64 Å². The molecule has 0 radical (unpaired) electrons. The number of carbonyl (C=O) groups excluding carboxylic acids is 2. The first-order valence-corrected chi connectivity index (χ1v) is 13.4. The number of rotatable bonds is 9. The van der Waals surface area contributed by atoms with Crippen molar-refractivity contribution in [2.45, 2.75) is 37.9 Å². The minimum absolute atomic E-state index is 0.0901. The molecule has 0 saturated heterocycles. The van der Waals surface area contributed by atoms with E-state index in [0.717, 1.165) is 11.1 Å². The number of amides is 1. The molecule has 0 fully saturated rings. The van der Waals surface area contributed by atoms with E-state index < -0.39 is 28.6 Å². The molecule has 4 rings (SSSR count). The lowest BCUT2D eigenvalue weighted by Gasteiger charge is -2.24. The molecule has 1 unspecified atom stereocenters. The Labute approximate surface area is 217 Å². The van der Waals surface area contributed by atoms with E-state index in [1.807, 2.05) is 60.7 Å². The molecule has 9 heteroatoms. The van der Waals surface area contributed by atoms with Gasteiger partial charge in [0.05, 0.1) is 4.90 Å². The Morgan fingerprint density at radius 2 is 1.41 bits per heavy atom. The van der Waals surface area contributed by atoms with E-state index in [0.29, 0.717) is 18.7 Å². The fourth-order valence-electron chi connectivity index (χ4n) is 3.99. The molecular formula is C28H29N3O5S. The largest absolute Gasteiger partial charge is 0.454 e. The van der Waals surface area contributed by atoms with Gasteiger partial charge in [-0.3, -0.25) is 14.5 Å². The molecule has 0 aliphatic carbocycles. The molecule has 0 bridgehead atoms. The maximum atomic E-state index is 13.2. The number of ether oxygens (including phenoxy) is 1. The molecule has 1 atom stereocenters. The Kier molecular flexibility index (Phi) is 8.03. The van der Waals surface area contributed by atoms with Crippen LogP contribution in [-0.2, 0) is 37.4 Å². The van der Waals surface area contributed by atoms with Crippen LogP contribution in [0, 0.1) is 5.92 Å². The number of nitrogens with one attached hydrogen (secondary N) is 1. The fourth-order valence-corrected chi connectivity index (χ4v) is 5.23. The normalized spacial score (nSPS) is 15.6. The molecule has 3 aromatic rings. The van der Waals surface area contributed by atoms with Crippen molar-refractivity contribution in [3.05, 3.63) is 102 Å². The highest BCUT2D eigenvalue weighted by atomic mass is 32.2. The molecule has 0 saturated carbocycles. The fraction of sp³-hybridized carbons (Fsp3) is 0.250. The van der Waals surface area contributed by atoms with E-state index in [-0.39, 0.29) is 22.6 Å². The average molecular weight is 520 g/mol. The average Bonchev–Trinajstić information content (AvgIpc) is 3.16. The summed E-state index contributed by atoms with van der Waals surface area (Å²) in [5.41, 5.74) is 2.31. The lowest BCUT2D eigenvalue weighted by Crippen LogP contribution is -2.37. The van der Waals surface area contributed by atoms with Gasteiger partial charge in [-0.05, 0) is 29.2 Å². The molecule has 3 aromatic carbocycles. The molecular weight excluding hydrogens is 490 g/mol. The van der Waals surface area contributed by atoms with Crippen molar-refractivity contribution < 1.29 is 22.7 Å². The second-order valence-electron chi connectivity index (χ2n) is 9.10. The first kappa shape index (κ1) is 26.1. The van der Waals surface area contributed by atoms with Crippen LogP contribution in [0.4, 0.5) is 0 Å². The standard InChI is InChI=1S/C28H29N3O5S/c1-20(2)26(29-27-23-15-9-10-16-24(23)37(34,35)30-27)28(33)36-19-25(32)31(17-21-11-5-3-6-12-21)18-22-13-7-4-8-14-22/h3-16,20,26H,17-19H2,1-2H3,(H,29,30). The summed E-state index contributed by atoms with van der Waals surface area (Å²) < 4.78 is 32.7. The van der Waals surface area contributed by atoms with Crippen molar-refractivity contribution in [3.8, 4) is 0 Å². The minimum atomic E-state index is -3.74. The van der Waals surface area contributed by atoms with Gasteiger partial charge in [-0.25, -0.2) is 13.2 Å². The summed E-state index contributed by atoms with van der Waals surface area (Å²) >= 11 is 0. The molecule has 8 nitrogen and oxygen atoms in total. The third-order valence-corrected chi connectivity index (χ3v) is 7.32. The summed E-state index contributed by atoms with van der Waals surface area (Å²) in [5.74, 6) is -1.24. The van der Waals surface area contributed by atoms with Gasteiger partial charge in [0.1, 0.15) is 5.84 Å². The second-order valence-corrected chi connectivity index (χ2v) is 10.7. The number of hydrogen-bond acceptors (Lipinski definition) is 6. The highest BCUT2D eigenvalue weighted by molar-refractivity contribution is 7.90. The molecule has 1 heterocycles. The second kappa shape index (κ2) is 11.4. The van der Waals surface area contributed by atoms with E-state index in [4.69, 9.17) is 4.74 Å². The molecule has 0 aromatic heterocycles. The van der Waals surface area contributed by atoms with Crippen LogP contribution in [0.2, 0.25) is 0 Å². The summed E-state index contributed by atoms with van der Waals surface area (Å²) in [6, 6.07) is 24.6. The molecule has 1 N–H and O–H groups in total. The van der Waals surface area contributed by atoms with Crippen LogP contribution in [0.3, 0.4) is 0 Å². The third kappa shape index (κ3) is 6.42. The maximum absolute atomic E-state index is 13.2. The predicted molar refractivity (Wildman–Crippen MR) is 140 cm³/mol. The van der Waals surface area contributed by atoms with Crippen LogP contribution in [0.15, 0.2) is 94.8 Å². The van der Waals surface area contributed by atoms with Gasteiger partial charge in [0.2, 0.25) is 0 Å². The van der Waals surface area contributed by atoms with Crippen LogP contribution < -0.4 is 4.72 Å². The van der Waals surface area contributed by atoms with Gasteiger partial charge in [0.25, 0.3) is 15.9 Å². The Morgan fingerprint density at radius 1 is 0.865 bits per heavy atom. The van der Waals surface area contributed by atoms with Crippen molar-refractivity contribution in [1.29, 1.82) is 0 Å². The Bertz CT molecular complexity index is 1350. The van der Waals surface area contributed by atoms with Crippen LogP contribution in [0.5, 0.6) is 0 Å².